The van der Waals surface area contributed by atoms with Gasteiger partial charge in [0.25, 0.3) is 5.91 Å². The lowest BCUT2D eigenvalue weighted by Crippen LogP contribution is -2.26. The van der Waals surface area contributed by atoms with Crippen LogP contribution < -0.4 is 5.32 Å². The maximum Gasteiger partial charge on any atom is 0.374 e. The third-order valence-electron chi connectivity index (χ3n) is 2.31. The number of thiazole rings is 1. The predicted octanol–water partition coefficient (Wildman–Crippen LogP) is 1.63. The fourth-order valence-electron chi connectivity index (χ4n) is 1.39. The number of aryl methyl sites for hydroxylation is 1. The van der Waals surface area contributed by atoms with Crippen LogP contribution in [0.4, 0.5) is 0 Å². The lowest BCUT2D eigenvalue weighted by atomic mass is 10.3. The van der Waals surface area contributed by atoms with E-state index in [-0.39, 0.29) is 17.5 Å². The van der Waals surface area contributed by atoms with E-state index in [4.69, 9.17) is 5.11 Å². The van der Waals surface area contributed by atoms with E-state index < -0.39 is 11.9 Å². The van der Waals surface area contributed by atoms with Crippen LogP contribution in [0, 0.1) is 6.92 Å². The zero-order valence-corrected chi connectivity index (χ0v) is 11.0. The van der Waals surface area contributed by atoms with Gasteiger partial charge in [-0.1, -0.05) is 5.16 Å². The number of carboxylic acids is 1. The summed E-state index contributed by atoms with van der Waals surface area (Å²) in [5.41, 5.74) is 0.813. The van der Waals surface area contributed by atoms with E-state index in [1.54, 1.807) is 6.92 Å². The van der Waals surface area contributed by atoms with Crippen molar-refractivity contribution in [2.24, 2.45) is 0 Å². The fourth-order valence-corrected chi connectivity index (χ4v) is 2.19. The average Bonchev–Trinajstić information content (AvgIpc) is 2.96. The Morgan fingerprint density at radius 3 is 2.79 bits per heavy atom. The molecule has 0 spiro atoms. The summed E-state index contributed by atoms with van der Waals surface area (Å²) in [6.07, 6.45) is 0. The molecule has 0 aliphatic carbocycles. The van der Waals surface area contributed by atoms with Crippen molar-refractivity contribution in [1.29, 1.82) is 0 Å². The van der Waals surface area contributed by atoms with Gasteiger partial charge in [-0.25, -0.2) is 9.78 Å². The number of hydrogen-bond acceptors (Lipinski definition) is 6. The molecule has 0 radical (unpaired) electrons. The molecule has 0 bridgehead atoms. The molecule has 8 heteroatoms. The molecular formula is C11H11N3O4S. The fraction of sp³-hybridized carbons (Fsp3) is 0.273. The zero-order chi connectivity index (χ0) is 14.0. The number of nitrogens with zero attached hydrogens (tertiary/aromatic N) is 2. The Kier molecular flexibility index (Phi) is 3.61. The molecule has 0 fully saturated rings. The Bertz CT molecular complexity index is 619. The molecule has 1 unspecified atom stereocenters. The number of rotatable bonds is 4. The van der Waals surface area contributed by atoms with Crippen LogP contribution in [-0.2, 0) is 0 Å². The molecule has 2 rings (SSSR count). The molecule has 0 aliphatic heterocycles. The summed E-state index contributed by atoms with van der Waals surface area (Å²) in [6.45, 7) is 3.65. The van der Waals surface area contributed by atoms with Crippen LogP contribution in [0.25, 0.3) is 0 Å². The van der Waals surface area contributed by atoms with Gasteiger partial charge in [0.2, 0.25) is 5.76 Å². The SMILES string of the molecule is Cc1csc(C(C)NC(=O)c2cc(C(=O)O)on2)n1. The van der Waals surface area contributed by atoms with Gasteiger partial charge in [0.15, 0.2) is 5.69 Å². The third-order valence-corrected chi connectivity index (χ3v) is 3.45. The average molecular weight is 281 g/mol. The maximum atomic E-state index is 11.8. The molecule has 0 saturated heterocycles. The summed E-state index contributed by atoms with van der Waals surface area (Å²) in [5.74, 6) is -2.14. The molecular weight excluding hydrogens is 270 g/mol. The van der Waals surface area contributed by atoms with Crippen LogP contribution in [0.2, 0.25) is 0 Å². The standard InChI is InChI=1S/C11H11N3O4S/c1-5-4-19-10(12-5)6(2)13-9(15)7-3-8(11(16)17)18-14-7/h3-4,6H,1-2H3,(H,13,15)(H,16,17). The van der Waals surface area contributed by atoms with Gasteiger partial charge < -0.3 is 14.9 Å². The van der Waals surface area contributed by atoms with Crippen LogP contribution in [0.5, 0.6) is 0 Å². The highest BCUT2D eigenvalue weighted by Crippen LogP contribution is 2.17. The van der Waals surface area contributed by atoms with Gasteiger partial charge in [0.1, 0.15) is 5.01 Å². The first-order chi connectivity index (χ1) is 8.97. The Hall–Kier alpha value is -2.22. The Balaban J connectivity index is 2.06. The topological polar surface area (TPSA) is 105 Å². The van der Waals surface area contributed by atoms with Crippen LogP contribution in [0.3, 0.4) is 0 Å². The molecule has 7 nitrogen and oxygen atoms in total. The van der Waals surface area contributed by atoms with Gasteiger partial charge in [-0.05, 0) is 13.8 Å². The quantitative estimate of drug-likeness (QED) is 0.882. The summed E-state index contributed by atoms with van der Waals surface area (Å²) in [7, 11) is 0. The predicted molar refractivity (Wildman–Crippen MR) is 66.2 cm³/mol. The molecule has 1 atom stereocenters. The molecule has 1 amide bonds. The van der Waals surface area contributed by atoms with Gasteiger partial charge in [-0.15, -0.1) is 11.3 Å². The number of carbonyl (C=O) groups excluding carboxylic acids is 1. The largest absolute Gasteiger partial charge is 0.475 e. The van der Waals surface area contributed by atoms with Crippen molar-refractivity contribution in [3.05, 3.63) is 33.6 Å². The highest BCUT2D eigenvalue weighted by atomic mass is 32.1. The first-order valence-corrected chi connectivity index (χ1v) is 6.28. The van der Waals surface area contributed by atoms with E-state index in [2.05, 4.69) is 20.0 Å². The van der Waals surface area contributed by atoms with E-state index in [0.29, 0.717) is 0 Å². The second-order valence-electron chi connectivity index (χ2n) is 3.90. The molecule has 0 aromatic carbocycles. The van der Waals surface area contributed by atoms with Crippen molar-refractivity contribution in [2.45, 2.75) is 19.9 Å². The molecule has 19 heavy (non-hydrogen) atoms. The molecule has 0 saturated carbocycles. The lowest BCUT2D eigenvalue weighted by molar-refractivity contribution is 0.0651. The van der Waals surface area contributed by atoms with Gasteiger partial charge in [-0.3, -0.25) is 4.79 Å². The Morgan fingerprint density at radius 1 is 1.53 bits per heavy atom. The number of aromatic carboxylic acids is 1. The number of carbonyl (C=O) groups is 2. The Morgan fingerprint density at radius 2 is 2.26 bits per heavy atom. The molecule has 2 aromatic heterocycles. The summed E-state index contributed by atoms with van der Waals surface area (Å²) in [5, 5.41) is 17.4. The zero-order valence-electron chi connectivity index (χ0n) is 10.2. The first-order valence-electron chi connectivity index (χ1n) is 5.40. The van der Waals surface area contributed by atoms with Gasteiger partial charge in [0.05, 0.1) is 6.04 Å². The molecule has 2 heterocycles. The number of carboxylic acid groups (broad SMARTS) is 1. The summed E-state index contributed by atoms with van der Waals surface area (Å²) < 4.78 is 4.52. The van der Waals surface area contributed by atoms with E-state index in [0.717, 1.165) is 16.8 Å². The maximum absolute atomic E-state index is 11.8. The number of nitrogens with one attached hydrogen (secondary N) is 1. The van der Waals surface area contributed by atoms with E-state index in [9.17, 15) is 9.59 Å². The lowest BCUT2D eigenvalue weighted by Gasteiger charge is -2.09. The van der Waals surface area contributed by atoms with Crippen molar-refractivity contribution in [3.8, 4) is 0 Å². The minimum atomic E-state index is -1.27. The highest BCUT2D eigenvalue weighted by Gasteiger charge is 2.19. The number of amides is 1. The highest BCUT2D eigenvalue weighted by molar-refractivity contribution is 7.09. The van der Waals surface area contributed by atoms with Gasteiger partial charge in [-0.2, -0.15) is 0 Å². The van der Waals surface area contributed by atoms with Crippen molar-refractivity contribution in [3.63, 3.8) is 0 Å². The van der Waals surface area contributed by atoms with Crippen LogP contribution >= 0.6 is 11.3 Å². The van der Waals surface area contributed by atoms with E-state index in [1.807, 2.05) is 12.3 Å². The van der Waals surface area contributed by atoms with Gasteiger partial charge in [0, 0.05) is 17.1 Å². The van der Waals surface area contributed by atoms with E-state index >= 15 is 0 Å². The monoisotopic (exact) mass is 281 g/mol. The Labute approximate surface area is 112 Å². The van der Waals surface area contributed by atoms with Crippen molar-refractivity contribution >= 4 is 23.2 Å². The summed E-state index contributed by atoms with van der Waals surface area (Å²) in [6, 6.07) is 0.800. The minimum Gasteiger partial charge on any atom is -0.475 e. The molecule has 0 aliphatic rings. The van der Waals surface area contributed by atoms with Crippen molar-refractivity contribution < 1.29 is 19.2 Å². The van der Waals surface area contributed by atoms with Gasteiger partial charge >= 0.3 is 5.97 Å². The summed E-state index contributed by atoms with van der Waals surface area (Å²) in [4.78, 5) is 26.7. The molecule has 2 N–H and O–H groups in total. The summed E-state index contributed by atoms with van der Waals surface area (Å²) >= 11 is 1.44. The van der Waals surface area contributed by atoms with Crippen molar-refractivity contribution in [2.75, 3.05) is 0 Å². The third kappa shape index (κ3) is 2.97. The molecule has 2 aromatic rings. The van der Waals surface area contributed by atoms with Crippen LogP contribution in [0.1, 0.15) is 44.7 Å². The second kappa shape index (κ2) is 5.19. The van der Waals surface area contributed by atoms with Crippen LogP contribution in [0.15, 0.2) is 16.0 Å². The number of aromatic nitrogens is 2. The van der Waals surface area contributed by atoms with Crippen molar-refractivity contribution in [1.82, 2.24) is 15.5 Å². The second-order valence-corrected chi connectivity index (χ2v) is 4.79. The minimum absolute atomic E-state index is 0.0717. The number of hydrogen-bond donors (Lipinski definition) is 2. The van der Waals surface area contributed by atoms with Crippen LogP contribution in [-0.4, -0.2) is 27.1 Å². The first kappa shape index (κ1) is 13.2. The van der Waals surface area contributed by atoms with E-state index in [1.165, 1.54) is 11.3 Å². The smallest absolute Gasteiger partial charge is 0.374 e. The normalized spacial score (nSPS) is 12.1. The molecule has 100 valence electrons.